The molecule has 1 aromatic heterocycles. The number of pyridine rings is 1. The number of esters is 1. The van der Waals surface area contributed by atoms with Crippen LogP contribution in [0.3, 0.4) is 0 Å². The molecule has 4 nitrogen and oxygen atoms in total. The largest absolute Gasteiger partial charge is 0.459 e. The van der Waals surface area contributed by atoms with Crippen molar-refractivity contribution in [3.63, 3.8) is 0 Å². The predicted molar refractivity (Wildman–Crippen MR) is 99.7 cm³/mol. The Morgan fingerprint density at radius 3 is 2.38 bits per heavy atom. The number of aromatic nitrogens is 1. The highest BCUT2D eigenvalue weighted by molar-refractivity contribution is 6.30. The zero-order chi connectivity index (χ0) is 18.2. The van der Waals surface area contributed by atoms with E-state index in [1.165, 1.54) is 0 Å². The molecule has 5 heteroatoms. The first-order chi connectivity index (χ1) is 12.7. The minimum Gasteiger partial charge on any atom is -0.459 e. The fraction of sp³-hybridized carbons (Fsp3) is 0.143. The number of rotatable bonds is 7. The lowest BCUT2D eigenvalue weighted by Gasteiger charge is -2.18. The second-order valence-corrected chi connectivity index (χ2v) is 6.11. The van der Waals surface area contributed by atoms with Crippen molar-refractivity contribution < 1.29 is 14.3 Å². The summed E-state index contributed by atoms with van der Waals surface area (Å²) in [6, 6.07) is 20.7. The van der Waals surface area contributed by atoms with E-state index in [1.807, 2.05) is 48.5 Å². The van der Waals surface area contributed by atoms with Gasteiger partial charge in [-0.15, -0.1) is 0 Å². The van der Waals surface area contributed by atoms with Crippen molar-refractivity contribution in [1.82, 2.24) is 4.98 Å². The van der Waals surface area contributed by atoms with Crippen molar-refractivity contribution in [1.29, 1.82) is 0 Å². The Kier molecular flexibility index (Phi) is 6.36. The topological polar surface area (TPSA) is 48.4 Å². The van der Waals surface area contributed by atoms with E-state index in [1.54, 1.807) is 30.6 Å². The molecule has 3 rings (SSSR count). The molecule has 1 unspecified atom stereocenters. The average Bonchev–Trinajstić information content (AvgIpc) is 2.69. The first-order valence-corrected chi connectivity index (χ1v) is 8.57. The molecule has 1 atom stereocenters. The number of hydrogen-bond acceptors (Lipinski definition) is 4. The second kappa shape index (κ2) is 9.13. The number of benzene rings is 2. The van der Waals surface area contributed by atoms with Gasteiger partial charge in [0.25, 0.3) is 0 Å². The van der Waals surface area contributed by atoms with Crippen LogP contribution in [-0.4, -0.2) is 17.6 Å². The molecule has 26 heavy (non-hydrogen) atoms. The van der Waals surface area contributed by atoms with Gasteiger partial charge < -0.3 is 9.47 Å². The van der Waals surface area contributed by atoms with Crippen molar-refractivity contribution in [2.75, 3.05) is 6.61 Å². The van der Waals surface area contributed by atoms with Crippen LogP contribution in [0, 0.1) is 0 Å². The summed E-state index contributed by atoms with van der Waals surface area (Å²) in [6.45, 7) is 0.0232. The van der Waals surface area contributed by atoms with Gasteiger partial charge >= 0.3 is 5.97 Å². The van der Waals surface area contributed by atoms with Gasteiger partial charge in [-0.25, -0.2) is 4.79 Å². The monoisotopic (exact) mass is 367 g/mol. The number of carbonyl (C=O) groups is 1. The minimum absolute atomic E-state index is 0.150. The summed E-state index contributed by atoms with van der Waals surface area (Å²) in [4.78, 5) is 16.0. The number of nitrogens with zero attached hydrogens (tertiary/aromatic N) is 1. The van der Waals surface area contributed by atoms with Gasteiger partial charge in [0.1, 0.15) is 19.3 Å². The molecule has 2 aromatic carbocycles. The van der Waals surface area contributed by atoms with E-state index in [-0.39, 0.29) is 19.3 Å². The predicted octanol–water partition coefficient (Wildman–Crippen LogP) is 4.58. The van der Waals surface area contributed by atoms with Gasteiger partial charge in [-0.2, -0.15) is 0 Å². The summed E-state index contributed by atoms with van der Waals surface area (Å²) >= 11 is 5.97. The zero-order valence-corrected chi connectivity index (χ0v) is 14.8. The third kappa shape index (κ3) is 5.15. The Balaban J connectivity index is 1.64. The number of halogens is 1. The van der Waals surface area contributed by atoms with Crippen molar-refractivity contribution >= 4 is 17.6 Å². The third-order valence-corrected chi connectivity index (χ3v) is 4.02. The Morgan fingerprint density at radius 1 is 0.962 bits per heavy atom. The summed E-state index contributed by atoms with van der Waals surface area (Å²) in [5.74, 6) is -0.427. The lowest BCUT2D eigenvalue weighted by Crippen LogP contribution is -2.16. The first-order valence-electron chi connectivity index (χ1n) is 8.19. The van der Waals surface area contributed by atoms with Crippen molar-refractivity contribution in [2.24, 2.45) is 0 Å². The Labute approximate surface area is 157 Å². The van der Waals surface area contributed by atoms with Gasteiger partial charge in [-0.1, -0.05) is 60.1 Å². The molecular weight excluding hydrogens is 350 g/mol. The fourth-order valence-electron chi connectivity index (χ4n) is 2.49. The highest BCUT2D eigenvalue weighted by Gasteiger charge is 2.17. The maximum absolute atomic E-state index is 12.0. The molecule has 0 aliphatic carbocycles. The Bertz CT molecular complexity index is 823. The van der Waals surface area contributed by atoms with Gasteiger partial charge in [0.15, 0.2) is 0 Å². The number of ether oxygens (including phenoxy) is 2. The molecule has 0 radical (unpaired) electrons. The van der Waals surface area contributed by atoms with Crippen LogP contribution >= 0.6 is 11.6 Å². The summed E-state index contributed by atoms with van der Waals surface area (Å²) in [5, 5.41) is 0.649. The Morgan fingerprint density at radius 2 is 1.69 bits per heavy atom. The molecule has 3 aromatic rings. The van der Waals surface area contributed by atoms with Crippen LogP contribution in [-0.2, 0) is 20.9 Å². The summed E-state index contributed by atoms with van der Waals surface area (Å²) in [6.07, 6.45) is 2.96. The second-order valence-electron chi connectivity index (χ2n) is 5.68. The normalized spacial score (nSPS) is 11.7. The van der Waals surface area contributed by atoms with Gasteiger partial charge in [0, 0.05) is 23.0 Å². The molecule has 0 amide bonds. The van der Waals surface area contributed by atoms with Crippen molar-refractivity contribution in [2.45, 2.75) is 12.7 Å². The smallest absolute Gasteiger partial charge is 0.332 e. The van der Waals surface area contributed by atoms with E-state index in [0.29, 0.717) is 5.02 Å². The highest BCUT2D eigenvalue weighted by Crippen LogP contribution is 2.27. The summed E-state index contributed by atoms with van der Waals surface area (Å²) < 4.78 is 11.1. The van der Waals surface area contributed by atoms with Gasteiger partial charge in [-0.3, -0.25) is 4.98 Å². The minimum atomic E-state index is -0.427. The summed E-state index contributed by atoms with van der Waals surface area (Å²) in [7, 11) is 0. The first kappa shape index (κ1) is 18.1. The number of carbonyl (C=O) groups excluding carboxylic acids is 1. The standard InChI is InChI=1S/C21H18ClNO3/c22-19-10-8-18(9-11-19)21(17-6-2-1-3-7-17)26-15-20(24)25-14-16-5-4-12-23-13-16/h1-13,21H,14-15H2. The molecule has 0 bridgehead atoms. The molecule has 0 spiro atoms. The van der Waals surface area contributed by atoms with Crippen molar-refractivity contribution in [3.05, 3.63) is 101 Å². The van der Waals surface area contributed by atoms with E-state index in [4.69, 9.17) is 21.1 Å². The molecule has 0 aliphatic heterocycles. The molecule has 1 heterocycles. The molecule has 0 fully saturated rings. The molecule has 0 aliphatic rings. The number of hydrogen-bond donors (Lipinski definition) is 0. The van der Waals surface area contributed by atoms with E-state index in [9.17, 15) is 4.79 Å². The van der Waals surface area contributed by atoms with Crippen LogP contribution in [0.4, 0.5) is 0 Å². The zero-order valence-electron chi connectivity index (χ0n) is 14.0. The van der Waals surface area contributed by atoms with Crippen molar-refractivity contribution in [3.8, 4) is 0 Å². The van der Waals surface area contributed by atoms with Crippen LogP contribution in [0.1, 0.15) is 22.8 Å². The molecule has 132 valence electrons. The lowest BCUT2D eigenvalue weighted by molar-refractivity contribution is -0.151. The van der Waals surface area contributed by atoms with E-state index < -0.39 is 5.97 Å². The van der Waals surface area contributed by atoms with Gasteiger partial charge in [-0.05, 0) is 29.3 Å². The van der Waals surface area contributed by atoms with Gasteiger partial charge in [0.2, 0.25) is 0 Å². The molecular formula is C21H18ClNO3. The van der Waals surface area contributed by atoms with E-state index >= 15 is 0 Å². The van der Waals surface area contributed by atoms with E-state index in [0.717, 1.165) is 16.7 Å². The highest BCUT2D eigenvalue weighted by atomic mass is 35.5. The van der Waals surface area contributed by atoms with E-state index in [2.05, 4.69) is 4.98 Å². The summed E-state index contributed by atoms with van der Waals surface area (Å²) in [5.41, 5.74) is 2.70. The molecule has 0 saturated carbocycles. The molecule has 0 N–H and O–H groups in total. The lowest BCUT2D eigenvalue weighted by atomic mass is 10.0. The maximum atomic E-state index is 12.0. The third-order valence-electron chi connectivity index (χ3n) is 3.77. The van der Waals surface area contributed by atoms with Crippen LogP contribution in [0.2, 0.25) is 5.02 Å². The molecule has 0 saturated heterocycles. The maximum Gasteiger partial charge on any atom is 0.332 e. The fourth-order valence-corrected chi connectivity index (χ4v) is 2.62. The Hall–Kier alpha value is -2.69. The quantitative estimate of drug-likeness (QED) is 0.573. The average molecular weight is 368 g/mol. The van der Waals surface area contributed by atoms with Crippen LogP contribution in [0.15, 0.2) is 79.1 Å². The SMILES string of the molecule is O=C(COC(c1ccccc1)c1ccc(Cl)cc1)OCc1cccnc1. The van der Waals surface area contributed by atoms with Crippen LogP contribution in [0.5, 0.6) is 0 Å². The van der Waals surface area contributed by atoms with Gasteiger partial charge in [0.05, 0.1) is 0 Å². The van der Waals surface area contributed by atoms with Crippen LogP contribution in [0.25, 0.3) is 0 Å². The van der Waals surface area contributed by atoms with Crippen LogP contribution < -0.4 is 0 Å².